The zero-order chi connectivity index (χ0) is 20.2. The van der Waals surface area contributed by atoms with Crippen LogP contribution in [0.15, 0.2) is 30.6 Å². The van der Waals surface area contributed by atoms with Crippen molar-refractivity contribution in [2.45, 2.75) is 11.9 Å². The number of carbonyl (C=O) groups excluding carboxylic acids is 1. The lowest BCUT2D eigenvalue weighted by Crippen LogP contribution is -2.20. The van der Waals surface area contributed by atoms with E-state index in [9.17, 15) is 26.4 Å². The van der Waals surface area contributed by atoms with Gasteiger partial charge in [0.1, 0.15) is 5.88 Å². The third-order valence-corrected chi connectivity index (χ3v) is 4.99. The number of rotatable bonds is 6. The molecular formula is C15H13ClF3N3O4S. The summed E-state index contributed by atoms with van der Waals surface area (Å²) in [6.07, 6.45) is -2.18. The molecule has 0 radical (unpaired) electrons. The fourth-order valence-electron chi connectivity index (χ4n) is 2.04. The summed E-state index contributed by atoms with van der Waals surface area (Å²) in [7, 11) is -2.83. The summed E-state index contributed by atoms with van der Waals surface area (Å²) in [6.45, 7) is 0. The molecule has 1 aromatic heterocycles. The smallest absolute Gasteiger partial charge is 0.416 e. The van der Waals surface area contributed by atoms with Crippen LogP contribution in [0.1, 0.15) is 21.6 Å². The Morgan fingerprint density at radius 3 is 2.56 bits per heavy atom. The highest BCUT2D eigenvalue weighted by Crippen LogP contribution is 2.32. The molecule has 0 unspecified atom stereocenters. The zero-order valence-electron chi connectivity index (χ0n) is 13.7. The fraction of sp³-hybridized carbons (Fsp3) is 0.267. The van der Waals surface area contributed by atoms with Gasteiger partial charge in [-0.25, -0.2) is 23.2 Å². The molecule has 0 saturated heterocycles. The number of anilines is 1. The van der Waals surface area contributed by atoms with Crippen LogP contribution >= 0.6 is 11.6 Å². The number of esters is 1. The number of alkyl halides is 3. The summed E-state index contributed by atoms with van der Waals surface area (Å²) in [5.41, 5.74) is -1.43. The summed E-state index contributed by atoms with van der Waals surface area (Å²) < 4.78 is 67.4. The molecule has 0 aliphatic rings. The molecule has 146 valence electrons. The van der Waals surface area contributed by atoms with Crippen LogP contribution in [-0.2, 0) is 26.5 Å². The molecule has 0 fully saturated rings. The molecule has 2 rings (SSSR count). The molecule has 0 aliphatic heterocycles. The fourth-order valence-corrected chi connectivity index (χ4v) is 3.48. The Hall–Kier alpha value is -2.40. The number of sulfone groups is 1. The average molecular weight is 424 g/mol. The molecule has 1 aromatic carbocycles. The Kier molecular flexibility index (Phi) is 6.26. The van der Waals surface area contributed by atoms with Gasteiger partial charge in [0, 0.05) is 17.4 Å². The molecule has 1 N–H and O–H groups in total. The van der Waals surface area contributed by atoms with E-state index in [2.05, 4.69) is 20.0 Å². The molecule has 0 amide bonds. The maximum absolute atomic E-state index is 12.8. The maximum Gasteiger partial charge on any atom is 0.416 e. The average Bonchev–Trinajstić information content (AvgIpc) is 2.60. The van der Waals surface area contributed by atoms with E-state index in [0.29, 0.717) is 6.07 Å². The van der Waals surface area contributed by atoms with Gasteiger partial charge in [-0.1, -0.05) is 11.6 Å². The summed E-state index contributed by atoms with van der Waals surface area (Å²) in [6, 6.07) is 2.43. The van der Waals surface area contributed by atoms with Crippen molar-refractivity contribution < 1.29 is 31.1 Å². The molecule has 0 atom stereocenters. The number of methoxy groups -OCH3 is 1. The number of carbonyl (C=O) groups is 1. The monoisotopic (exact) mass is 423 g/mol. The second-order valence-corrected chi connectivity index (χ2v) is 7.73. The van der Waals surface area contributed by atoms with Gasteiger partial charge in [0.25, 0.3) is 0 Å². The number of benzene rings is 1. The quantitative estimate of drug-likeness (QED) is 0.713. The van der Waals surface area contributed by atoms with Gasteiger partial charge in [-0.15, -0.1) is 0 Å². The first kappa shape index (κ1) is 20.9. The van der Waals surface area contributed by atoms with Gasteiger partial charge in [-0.2, -0.15) is 13.2 Å². The van der Waals surface area contributed by atoms with Crippen molar-refractivity contribution in [3.05, 3.63) is 52.4 Å². The van der Waals surface area contributed by atoms with Crippen molar-refractivity contribution in [3.8, 4) is 0 Å². The van der Waals surface area contributed by atoms with Gasteiger partial charge >= 0.3 is 12.1 Å². The minimum Gasteiger partial charge on any atom is -0.464 e. The lowest BCUT2D eigenvalue weighted by Gasteiger charge is -2.12. The molecule has 0 bridgehead atoms. The Morgan fingerprint density at radius 1 is 1.26 bits per heavy atom. The molecule has 0 saturated carbocycles. The highest BCUT2D eigenvalue weighted by molar-refractivity contribution is 7.90. The normalized spacial score (nSPS) is 11.9. The zero-order valence-corrected chi connectivity index (χ0v) is 15.3. The van der Waals surface area contributed by atoms with Gasteiger partial charge in [0.2, 0.25) is 0 Å². The van der Waals surface area contributed by atoms with Gasteiger partial charge in [-0.05, 0) is 23.8 Å². The second kappa shape index (κ2) is 8.09. The number of hydrogen-bond donors (Lipinski definition) is 1. The van der Waals surface area contributed by atoms with Gasteiger partial charge < -0.3 is 10.1 Å². The Morgan fingerprint density at radius 2 is 1.93 bits per heavy atom. The predicted octanol–water partition coefficient (Wildman–Crippen LogP) is 2.92. The van der Waals surface area contributed by atoms with Crippen molar-refractivity contribution in [2.75, 3.05) is 18.3 Å². The second-order valence-electron chi connectivity index (χ2n) is 5.26. The minimum absolute atomic E-state index is 0.110. The van der Waals surface area contributed by atoms with E-state index in [4.69, 9.17) is 11.6 Å². The van der Waals surface area contributed by atoms with Gasteiger partial charge in [0.05, 0.1) is 18.4 Å². The first-order valence-electron chi connectivity index (χ1n) is 7.23. The molecule has 1 heterocycles. The van der Waals surface area contributed by atoms with Crippen LogP contribution < -0.4 is 5.32 Å². The van der Waals surface area contributed by atoms with E-state index in [1.54, 1.807) is 0 Å². The number of ether oxygens (including phenoxy) is 1. The van der Waals surface area contributed by atoms with Crippen LogP contribution in [0.3, 0.4) is 0 Å². The molecule has 2 aromatic rings. The lowest BCUT2D eigenvalue weighted by atomic mass is 10.1. The summed E-state index contributed by atoms with van der Waals surface area (Å²) in [4.78, 5) is 19.1. The summed E-state index contributed by atoms with van der Waals surface area (Å²) in [5, 5.41) is 2.32. The van der Waals surface area contributed by atoms with Crippen molar-refractivity contribution in [2.24, 2.45) is 0 Å². The molecular weight excluding hydrogens is 411 g/mol. The maximum atomic E-state index is 12.8. The summed E-state index contributed by atoms with van der Waals surface area (Å²) >= 11 is 5.82. The standard InChI is InChI=1S/C15H13ClF3N3O4S/c1-26-14(23)12-13(21-5-4-20-12)22-8-27(24,25)7-9-6-10(15(17,18)19)2-3-11(9)16/h2-6H,7-8H2,1H3,(H,21,22). The van der Waals surface area contributed by atoms with Crippen molar-refractivity contribution in [3.63, 3.8) is 0 Å². The summed E-state index contributed by atoms with van der Waals surface area (Å²) in [5.74, 6) is -2.41. The third-order valence-electron chi connectivity index (χ3n) is 3.28. The van der Waals surface area contributed by atoms with E-state index in [0.717, 1.165) is 19.2 Å². The minimum atomic E-state index is -4.63. The Balaban J connectivity index is 2.19. The van der Waals surface area contributed by atoms with Gasteiger partial charge in [-0.3, -0.25) is 0 Å². The number of hydrogen-bond acceptors (Lipinski definition) is 7. The SMILES string of the molecule is COC(=O)c1nccnc1NCS(=O)(=O)Cc1cc(C(F)(F)F)ccc1Cl. The number of aromatic nitrogens is 2. The molecule has 0 spiro atoms. The Labute approximate surface area is 157 Å². The van der Waals surface area contributed by atoms with E-state index < -0.39 is 39.2 Å². The van der Waals surface area contributed by atoms with Crippen molar-refractivity contribution in [1.82, 2.24) is 9.97 Å². The van der Waals surface area contributed by atoms with Crippen LogP contribution in [0.25, 0.3) is 0 Å². The topological polar surface area (TPSA) is 98.2 Å². The van der Waals surface area contributed by atoms with Crippen LogP contribution in [0, 0.1) is 0 Å². The van der Waals surface area contributed by atoms with E-state index in [1.165, 1.54) is 12.4 Å². The van der Waals surface area contributed by atoms with Crippen LogP contribution in [-0.4, -0.2) is 37.3 Å². The van der Waals surface area contributed by atoms with E-state index in [-0.39, 0.29) is 22.1 Å². The number of nitrogens with one attached hydrogen (secondary N) is 1. The van der Waals surface area contributed by atoms with Crippen LogP contribution in [0.4, 0.5) is 19.0 Å². The number of halogens is 4. The van der Waals surface area contributed by atoms with E-state index >= 15 is 0 Å². The molecule has 7 nitrogen and oxygen atoms in total. The third kappa shape index (κ3) is 5.54. The number of nitrogens with zero attached hydrogens (tertiary/aromatic N) is 2. The Bertz CT molecular complexity index is 952. The van der Waals surface area contributed by atoms with Crippen molar-refractivity contribution in [1.29, 1.82) is 0 Å². The molecule has 0 aliphatic carbocycles. The first-order valence-corrected chi connectivity index (χ1v) is 9.42. The highest BCUT2D eigenvalue weighted by atomic mass is 35.5. The van der Waals surface area contributed by atoms with Crippen LogP contribution in [0.2, 0.25) is 5.02 Å². The lowest BCUT2D eigenvalue weighted by molar-refractivity contribution is -0.137. The van der Waals surface area contributed by atoms with Crippen LogP contribution in [0.5, 0.6) is 0 Å². The van der Waals surface area contributed by atoms with Gasteiger partial charge in [0.15, 0.2) is 21.3 Å². The van der Waals surface area contributed by atoms with Crippen molar-refractivity contribution >= 4 is 33.2 Å². The molecule has 12 heteroatoms. The largest absolute Gasteiger partial charge is 0.464 e. The van der Waals surface area contributed by atoms with E-state index in [1.807, 2.05) is 0 Å². The molecule has 27 heavy (non-hydrogen) atoms. The first-order chi connectivity index (χ1) is 12.5. The predicted molar refractivity (Wildman–Crippen MR) is 90.9 cm³/mol. The highest BCUT2D eigenvalue weighted by Gasteiger charge is 2.31.